The van der Waals surface area contributed by atoms with E-state index in [0.29, 0.717) is 12.2 Å². The SMILES string of the molecule is CCNC(=NCCCN1CC(C)OC(C)C1)NCCc1ncc(C)s1.I. The van der Waals surface area contributed by atoms with Crippen molar-refractivity contribution in [3.63, 3.8) is 0 Å². The Labute approximate surface area is 179 Å². The predicted molar refractivity (Wildman–Crippen MR) is 121 cm³/mol. The molecular formula is C18H34IN5OS. The van der Waals surface area contributed by atoms with Crippen molar-refractivity contribution in [3.05, 3.63) is 16.1 Å². The maximum Gasteiger partial charge on any atom is 0.191 e. The molecule has 2 heterocycles. The van der Waals surface area contributed by atoms with Crippen LogP contribution in [0.4, 0.5) is 0 Å². The van der Waals surface area contributed by atoms with Gasteiger partial charge in [-0.05, 0) is 34.1 Å². The van der Waals surface area contributed by atoms with E-state index in [1.807, 2.05) is 6.20 Å². The number of nitrogens with one attached hydrogen (secondary N) is 2. The predicted octanol–water partition coefficient (Wildman–Crippen LogP) is 2.67. The van der Waals surface area contributed by atoms with E-state index in [-0.39, 0.29) is 24.0 Å². The van der Waals surface area contributed by atoms with Gasteiger partial charge in [0.05, 0.1) is 17.2 Å². The summed E-state index contributed by atoms with van der Waals surface area (Å²) in [4.78, 5) is 12.8. The molecule has 0 spiro atoms. The first-order valence-electron chi connectivity index (χ1n) is 9.38. The van der Waals surface area contributed by atoms with Crippen LogP contribution < -0.4 is 10.6 Å². The van der Waals surface area contributed by atoms with Gasteiger partial charge in [-0.15, -0.1) is 35.3 Å². The van der Waals surface area contributed by atoms with Gasteiger partial charge in [0.15, 0.2) is 5.96 Å². The summed E-state index contributed by atoms with van der Waals surface area (Å²) in [5.74, 6) is 0.902. The van der Waals surface area contributed by atoms with Crippen molar-refractivity contribution in [1.82, 2.24) is 20.5 Å². The minimum atomic E-state index is 0. The third-order valence-corrected chi connectivity index (χ3v) is 5.01. The van der Waals surface area contributed by atoms with Crippen LogP contribution in [-0.4, -0.2) is 67.3 Å². The molecule has 0 saturated carbocycles. The van der Waals surface area contributed by atoms with Gasteiger partial charge >= 0.3 is 0 Å². The van der Waals surface area contributed by atoms with Crippen LogP contribution in [0.2, 0.25) is 0 Å². The zero-order valence-corrected chi connectivity index (χ0v) is 19.6. The number of thiazole rings is 1. The van der Waals surface area contributed by atoms with E-state index in [0.717, 1.165) is 58.1 Å². The van der Waals surface area contributed by atoms with Gasteiger partial charge in [0, 0.05) is 56.8 Å². The third-order valence-electron chi connectivity index (χ3n) is 4.04. The zero-order valence-electron chi connectivity index (χ0n) is 16.5. The van der Waals surface area contributed by atoms with Gasteiger partial charge in [-0.25, -0.2) is 4.98 Å². The molecule has 2 atom stereocenters. The fraction of sp³-hybridized carbons (Fsp3) is 0.778. The number of ether oxygens (including phenoxy) is 1. The summed E-state index contributed by atoms with van der Waals surface area (Å²) in [6.07, 6.45) is 4.61. The molecule has 1 aromatic heterocycles. The van der Waals surface area contributed by atoms with Crippen molar-refractivity contribution in [2.45, 2.75) is 52.7 Å². The van der Waals surface area contributed by atoms with Crippen molar-refractivity contribution in [3.8, 4) is 0 Å². The second-order valence-corrected chi connectivity index (χ2v) is 7.99. The average molecular weight is 495 g/mol. The van der Waals surface area contributed by atoms with Crippen LogP contribution >= 0.6 is 35.3 Å². The Balaban J connectivity index is 0.00000338. The summed E-state index contributed by atoms with van der Waals surface area (Å²) in [6, 6.07) is 0. The Morgan fingerprint density at radius 3 is 2.69 bits per heavy atom. The quantitative estimate of drug-likeness (QED) is 0.251. The minimum absolute atomic E-state index is 0. The summed E-state index contributed by atoms with van der Waals surface area (Å²) in [5.41, 5.74) is 0. The van der Waals surface area contributed by atoms with Crippen molar-refractivity contribution in [2.75, 3.05) is 39.3 Å². The molecule has 6 nitrogen and oxygen atoms in total. The lowest BCUT2D eigenvalue weighted by atomic mass is 10.2. The smallest absolute Gasteiger partial charge is 0.191 e. The zero-order chi connectivity index (χ0) is 18.1. The van der Waals surface area contributed by atoms with Crippen LogP contribution in [0, 0.1) is 6.92 Å². The number of guanidine groups is 1. The van der Waals surface area contributed by atoms with Crippen molar-refractivity contribution in [1.29, 1.82) is 0 Å². The van der Waals surface area contributed by atoms with Gasteiger partial charge < -0.3 is 15.4 Å². The molecule has 2 rings (SSSR count). The summed E-state index contributed by atoms with van der Waals surface area (Å²) in [6.45, 7) is 14.2. The van der Waals surface area contributed by atoms with E-state index in [1.54, 1.807) is 11.3 Å². The Hall–Kier alpha value is -0.450. The van der Waals surface area contributed by atoms with Crippen LogP contribution in [0.25, 0.3) is 0 Å². The van der Waals surface area contributed by atoms with Crippen LogP contribution in [0.3, 0.4) is 0 Å². The second-order valence-electron chi connectivity index (χ2n) is 6.67. The van der Waals surface area contributed by atoms with Crippen LogP contribution in [-0.2, 0) is 11.2 Å². The largest absolute Gasteiger partial charge is 0.373 e. The number of aromatic nitrogens is 1. The van der Waals surface area contributed by atoms with Gasteiger partial charge in [0.2, 0.25) is 0 Å². The number of hydrogen-bond acceptors (Lipinski definition) is 5. The van der Waals surface area contributed by atoms with E-state index in [9.17, 15) is 0 Å². The molecular weight excluding hydrogens is 461 g/mol. The summed E-state index contributed by atoms with van der Waals surface area (Å²) >= 11 is 1.76. The number of halogens is 1. The third kappa shape index (κ3) is 8.96. The summed E-state index contributed by atoms with van der Waals surface area (Å²) in [7, 11) is 0. The number of rotatable bonds is 8. The van der Waals surface area contributed by atoms with Crippen molar-refractivity contribution >= 4 is 41.3 Å². The lowest BCUT2D eigenvalue weighted by molar-refractivity contribution is -0.0679. The monoisotopic (exact) mass is 495 g/mol. The first-order chi connectivity index (χ1) is 12.1. The molecule has 0 radical (unpaired) electrons. The molecule has 150 valence electrons. The summed E-state index contributed by atoms with van der Waals surface area (Å²) in [5, 5.41) is 7.90. The van der Waals surface area contributed by atoms with Crippen molar-refractivity contribution < 1.29 is 4.74 Å². The Kier molecular flexibility index (Phi) is 11.7. The molecule has 0 bridgehead atoms. The molecule has 2 unspecified atom stereocenters. The molecule has 26 heavy (non-hydrogen) atoms. The van der Waals surface area contributed by atoms with Gasteiger partial charge in [-0.3, -0.25) is 9.89 Å². The van der Waals surface area contributed by atoms with Gasteiger partial charge in [0.25, 0.3) is 0 Å². The molecule has 1 saturated heterocycles. The second kappa shape index (κ2) is 12.9. The first-order valence-corrected chi connectivity index (χ1v) is 10.2. The number of nitrogens with zero attached hydrogens (tertiary/aromatic N) is 3. The molecule has 0 amide bonds. The highest BCUT2D eigenvalue weighted by molar-refractivity contribution is 14.0. The molecule has 1 aliphatic rings. The number of hydrogen-bond donors (Lipinski definition) is 2. The fourth-order valence-corrected chi connectivity index (χ4v) is 3.89. The number of aliphatic imine (C=N–C) groups is 1. The van der Waals surface area contributed by atoms with Crippen LogP contribution in [0.15, 0.2) is 11.2 Å². The van der Waals surface area contributed by atoms with E-state index in [1.165, 1.54) is 9.88 Å². The molecule has 2 N–H and O–H groups in total. The average Bonchev–Trinajstić information content (AvgIpc) is 2.96. The molecule has 1 fully saturated rings. The Bertz CT molecular complexity index is 529. The first kappa shape index (κ1) is 23.6. The van der Waals surface area contributed by atoms with E-state index in [2.05, 4.69) is 48.2 Å². The molecule has 8 heteroatoms. The van der Waals surface area contributed by atoms with Gasteiger partial charge in [0.1, 0.15) is 0 Å². The highest BCUT2D eigenvalue weighted by atomic mass is 127. The minimum Gasteiger partial charge on any atom is -0.373 e. The fourth-order valence-electron chi connectivity index (χ4n) is 3.10. The normalized spacial score (nSPS) is 21.3. The summed E-state index contributed by atoms with van der Waals surface area (Å²) < 4.78 is 5.78. The molecule has 0 aromatic carbocycles. The lowest BCUT2D eigenvalue weighted by Gasteiger charge is -2.35. The van der Waals surface area contributed by atoms with Crippen LogP contribution in [0.1, 0.15) is 37.1 Å². The Morgan fingerprint density at radius 2 is 2.08 bits per heavy atom. The highest BCUT2D eigenvalue weighted by Crippen LogP contribution is 2.11. The van der Waals surface area contributed by atoms with Crippen LogP contribution in [0.5, 0.6) is 0 Å². The lowest BCUT2D eigenvalue weighted by Crippen LogP contribution is -2.45. The molecule has 1 aromatic rings. The number of aryl methyl sites for hydroxylation is 1. The molecule has 1 aliphatic heterocycles. The van der Waals surface area contributed by atoms with Crippen molar-refractivity contribution in [2.24, 2.45) is 4.99 Å². The highest BCUT2D eigenvalue weighted by Gasteiger charge is 2.21. The van der Waals surface area contributed by atoms with E-state index in [4.69, 9.17) is 9.73 Å². The Morgan fingerprint density at radius 1 is 1.35 bits per heavy atom. The maximum absolute atomic E-state index is 5.78. The van der Waals surface area contributed by atoms with Gasteiger partial charge in [-0.1, -0.05) is 0 Å². The van der Waals surface area contributed by atoms with Gasteiger partial charge in [-0.2, -0.15) is 0 Å². The topological polar surface area (TPSA) is 61.8 Å². The van der Waals surface area contributed by atoms with E-state index < -0.39 is 0 Å². The maximum atomic E-state index is 5.78. The van der Waals surface area contributed by atoms with E-state index >= 15 is 0 Å². The molecule has 0 aliphatic carbocycles. The number of morpholine rings is 1. The standard InChI is InChI=1S/C18H33N5OS.HI/c1-5-19-18(21-9-7-17-22-11-16(4)25-17)20-8-6-10-23-12-14(2)24-15(3)13-23;/h11,14-15H,5-10,12-13H2,1-4H3,(H2,19,20,21);1H.